The Labute approximate surface area is 161 Å². The van der Waals surface area contributed by atoms with Gasteiger partial charge in [0.1, 0.15) is 11.9 Å². The zero-order chi connectivity index (χ0) is 18.2. The van der Waals surface area contributed by atoms with E-state index in [1.807, 2.05) is 19.1 Å². The molecule has 0 aliphatic heterocycles. The number of aliphatic hydroxyl groups is 1. The molecule has 0 saturated carbocycles. The lowest BCUT2D eigenvalue weighted by Gasteiger charge is -2.15. The monoisotopic (exact) mass is 401 g/mol. The van der Waals surface area contributed by atoms with Crippen LogP contribution in [0.15, 0.2) is 35.3 Å². The van der Waals surface area contributed by atoms with E-state index >= 15 is 0 Å². The number of methoxy groups -OCH3 is 1. The van der Waals surface area contributed by atoms with Gasteiger partial charge in [-0.1, -0.05) is 29.3 Å². The number of nitrogens with one attached hydrogen (secondary N) is 2. The maximum absolute atomic E-state index is 10.2. The number of rotatable bonds is 7. The minimum absolute atomic E-state index is 0.334. The summed E-state index contributed by atoms with van der Waals surface area (Å²) in [5.41, 5.74) is 0.926. The molecule has 1 heterocycles. The first-order valence-corrected chi connectivity index (χ1v) is 9.38. The van der Waals surface area contributed by atoms with Crippen molar-refractivity contribution in [3.8, 4) is 5.75 Å². The molecular weight excluding hydrogens is 381 g/mol. The zero-order valence-electron chi connectivity index (χ0n) is 14.1. The van der Waals surface area contributed by atoms with Crippen molar-refractivity contribution in [2.75, 3.05) is 20.2 Å². The molecule has 5 nitrogen and oxygen atoms in total. The Morgan fingerprint density at radius 1 is 1.28 bits per heavy atom. The van der Waals surface area contributed by atoms with Gasteiger partial charge in [-0.05, 0) is 31.2 Å². The fraction of sp³-hybridized carbons (Fsp3) is 0.353. The standard InChI is InChI=1S/C17H21Cl2N3O2S/c1-3-20-17(22-10-13(23)15-6-7-16(19)25-15)21-9-11-4-5-12(18)8-14(11)24-2/h4-8,13,23H,3,9-10H2,1-2H3,(H2,20,21,22). The summed E-state index contributed by atoms with van der Waals surface area (Å²) in [5, 5.41) is 17.1. The lowest BCUT2D eigenvalue weighted by atomic mass is 10.2. The number of thiophene rings is 1. The maximum Gasteiger partial charge on any atom is 0.191 e. The average Bonchev–Trinajstić information content (AvgIpc) is 3.04. The fourth-order valence-corrected chi connectivity index (χ4v) is 3.37. The van der Waals surface area contributed by atoms with E-state index in [4.69, 9.17) is 27.9 Å². The summed E-state index contributed by atoms with van der Waals surface area (Å²) in [6.07, 6.45) is -0.647. The predicted molar refractivity (Wildman–Crippen MR) is 105 cm³/mol. The summed E-state index contributed by atoms with van der Waals surface area (Å²) < 4.78 is 5.99. The van der Waals surface area contributed by atoms with Gasteiger partial charge in [0.2, 0.25) is 0 Å². The number of guanidine groups is 1. The molecule has 0 aliphatic rings. The first-order chi connectivity index (χ1) is 12.0. The Hall–Kier alpha value is -1.47. The number of benzene rings is 1. The molecule has 3 N–H and O–H groups in total. The smallest absolute Gasteiger partial charge is 0.191 e. The third kappa shape index (κ3) is 6.08. The van der Waals surface area contributed by atoms with E-state index in [1.54, 1.807) is 25.3 Å². The minimum Gasteiger partial charge on any atom is -0.496 e. The Bertz CT molecular complexity index is 722. The van der Waals surface area contributed by atoms with Gasteiger partial charge in [-0.2, -0.15) is 0 Å². The second kappa shape index (κ2) is 9.87. The molecule has 0 fully saturated rings. The Kier molecular flexibility index (Phi) is 7.84. The third-order valence-corrected chi connectivity index (χ3v) is 4.95. The number of aliphatic hydroxyl groups excluding tert-OH is 1. The molecule has 0 saturated heterocycles. The predicted octanol–water partition coefficient (Wildman–Crippen LogP) is 3.85. The first kappa shape index (κ1) is 19.8. The average molecular weight is 402 g/mol. The summed E-state index contributed by atoms with van der Waals surface area (Å²) in [7, 11) is 1.60. The van der Waals surface area contributed by atoms with E-state index in [-0.39, 0.29) is 0 Å². The molecule has 1 unspecified atom stereocenters. The fourth-order valence-electron chi connectivity index (χ4n) is 2.16. The molecular formula is C17H21Cl2N3O2S. The Morgan fingerprint density at radius 2 is 2.08 bits per heavy atom. The second-order valence-electron chi connectivity index (χ2n) is 5.19. The van der Waals surface area contributed by atoms with E-state index < -0.39 is 6.10 Å². The van der Waals surface area contributed by atoms with Crippen molar-refractivity contribution in [2.45, 2.75) is 19.6 Å². The van der Waals surface area contributed by atoms with Crippen LogP contribution in [0.1, 0.15) is 23.5 Å². The minimum atomic E-state index is -0.647. The van der Waals surface area contributed by atoms with Gasteiger partial charge in [0, 0.05) is 28.6 Å². The van der Waals surface area contributed by atoms with Crippen LogP contribution in [0.2, 0.25) is 9.36 Å². The van der Waals surface area contributed by atoms with Crippen LogP contribution < -0.4 is 15.4 Å². The SMILES string of the molecule is CCNC(=NCc1ccc(Cl)cc1OC)NCC(O)c1ccc(Cl)s1. The molecule has 0 bridgehead atoms. The van der Waals surface area contributed by atoms with Gasteiger partial charge >= 0.3 is 0 Å². The quantitative estimate of drug-likeness (QED) is 0.486. The molecule has 0 radical (unpaired) electrons. The highest BCUT2D eigenvalue weighted by Gasteiger charge is 2.11. The highest BCUT2D eigenvalue weighted by molar-refractivity contribution is 7.16. The summed E-state index contributed by atoms with van der Waals surface area (Å²) in [6, 6.07) is 9.05. The lowest BCUT2D eigenvalue weighted by molar-refractivity contribution is 0.184. The van der Waals surface area contributed by atoms with Crippen LogP contribution in [-0.4, -0.2) is 31.3 Å². The van der Waals surface area contributed by atoms with Gasteiger partial charge in [0.25, 0.3) is 0 Å². The maximum atomic E-state index is 10.2. The van der Waals surface area contributed by atoms with Crippen LogP contribution in [0.25, 0.3) is 0 Å². The molecule has 0 amide bonds. The van der Waals surface area contributed by atoms with E-state index in [0.717, 1.165) is 10.4 Å². The molecule has 25 heavy (non-hydrogen) atoms. The van der Waals surface area contributed by atoms with E-state index in [9.17, 15) is 5.11 Å². The Balaban J connectivity index is 2.00. The van der Waals surface area contributed by atoms with Crippen molar-refractivity contribution in [1.82, 2.24) is 10.6 Å². The van der Waals surface area contributed by atoms with Gasteiger partial charge in [-0.3, -0.25) is 0 Å². The normalized spacial score (nSPS) is 12.8. The van der Waals surface area contributed by atoms with E-state index in [2.05, 4.69) is 15.6 Å². The highest BCUT2D eigenvalue weighted by atomic mass is 35.5. The van der Waals surface area contributed by atoms with Gasteiger partial charge in [-0.25, -0.2) is 4.99 Å². The number of halogens is 2. The Morgan fingerprint density at radius 3 is 2.72 bits per heavy atom. The van der Waals surface area contributed by atoms with Crippen molar-refractivity contribution in [3.05, 3.63) is 50.1 Å². The number of ether oxygens (including phenoxy) is 1. The van der Waals surface area contributed by atoms with Crippen LogP contribution in [0.3, 0.4) is 0 Å². The van der Waals surface area contributed by atoms with E-state index in [0.29, 0.717) is 40.7 Å². The first-order valence-electron chi connectivity index (χ1n) is 7.81. The molecule has 1 atom stereocenters. The topological polar surface area (TPSA) is 65.9 Å². The summed E-state index contributed by atoms with van der Waals surface area (Å²) >= 11 is 13.2. The van der Waals surface area contributed by atoms with Crippen LogP contribution in [0.4, 0.5) is 0 Å². The van der Waals surface area contributed by atoms with Crippen molar-refractivity contribution >= 4 is 40.5 Å². The van der Waals surface area contributed by atoms with Gasteiger partial charge in [0.05, 0.1) is 18.0 Å². The summed E-state index contributed by atoms with van der Waals surface area (Å²) in [4.78, 5) is 5.34. The summed E-state index contributed by atoms with van der Waals surface area (Å²) in [5.74, 6) is 1.31. The van der Waals surface area contributed by atoms with E-state index in [1.165, 1.54) is 11.3 Å². The highest BCUT2D eigenvalue weighted by Crippen LogP contribution is 2.26. The molecule has 1 aromatic carbocycles. The van der Waals surface area contributed by atoms with Gasteiger partial charge in [-0.15, -0.1) is 11.3 Å². The van der Waals surface area contributed by atoms with Crippen molar-refractivity contribution in [2.24, 2.45) is 4.99 Å². The largest absolute Gasteiger partial charge is 0.496 e. The number of aliphatic imine (C=N–C) groups is 1. The van der Waals surface area contributed by atoms with Crippen molar-refractivity contribution in [3.63, 3.8) is 0 Å². The zero-order valence-corrected chi connectivity index (χ0v) is 16.4. The third-order valence-electron chi connectivity index (χ3n) is 3.39. The van der Waals surface area contributed by atoms with Crippen molar-refractivity contribution in [1.29, 1.82) is 0 Å². The molecule has 136 valence electrons. The van der Waals surface area contributed by atoms with Gasteiger partial charge < -0.3 is 20.5 Å². The van der Waals surface area contributed by atoms with Crippen molar-refractivity contribution < 1.29 is 9.84 Å². The molecule has 2 rings (SSSR count). The van der Waals surface area contributed by atoms with Crippen LogP contribution >= 0.6 is 34.5 Å². The number of hydrogen-bond acceptors (Lipinski definition) is 4. The molecule has 1 aromatic heterocycles. The number of hydrogen-bond donors (Lipinski definition) is 3. The lowest BCUT2D eigenvalue weighted by Crippen LogP contribution is -2.39. The number of nitrogens with zero attached hydrogens (tertiary/aromatic N) is 1. The molecule has 0 spiro atoms. The van der Waals surface area contributed by atoms with Crippen LogP contribution in [0.5, 0.6) is 5.75 Å². The van der Waals surface area contributed by atoms with Gasteiger partial charge in [0.15, 0.2) is 5.96 Å². The van der Waals surface area contributed by atoms with Crippen LogP contribution in [0, 0.1) is 0 Å². The molecule has 0 aliphatic carbocycles. The summed E-state index contributed by atoms with van der Waals surface area (Å²) in [6.45, 7) is 3.46. The second-order valence-corrected chi connectivity index (χ2v) is 7.37. The molecule has 2 aromatic rings. The molecule has 8 heteroatoms. The van der Waals surface area contributed by atoms with Crippen LogP contribution in [-0.2, 0) is 6.54 Å².